The molecule has 3 saturated carbocycles. The Morgan fingerprint density at radius 1 is 1.16 bits per heavy atom. The lowest BCUT2D eigenvalue weighted by atomic mass is 9.48. The van der Waals surface area contributed by atoms with Gasteiger partial charge in [-0.1, -0.05) is 50.1 Å². The molecular weight excluding hydrogens is 420 g/mol. The zero-order chi connectivity index (χ0) is 22.9. The molecule has 0 radical (unpaired) electrons. The first-order valence-electron chi connectivity index (χ1n) is 12.2. The molecule has 0 spiro atoms. The van der Waals surface area contributed by atoms with Gasteiger partial charge in [0.1, 0.15) is 5.54 Å². The van der Waals surface area contributed by atoms with Crippen LogP contribution >= 0.6 is 11.6 Å². The number of rotatable bonds is 3. The lowest BCUT2D eigenvalue weighted by Gasteiger charge is -2.62. The first-order chi connectivity index (χ1) is 15.1. The van der Waals surface area contributed by atoms with Crippen molar-refractivity contribution in [3.05, 3.63) is 47.0 Å². The number of benzene rings is 1. The standard InChI is InChI=1S/C27H35ClN2O2/c1-25-13-5-8-20(25)19-9-10-22-26(2,21(19)11-14-25)15-12-23(31)30(22)27(3,24(29)32)17-6-4-7-18(28)16-17/h4,6-7,12,15-16,19-22H,5,8-11,13-14H2,1-3H3,(H2,29,32)/t19-,20-,21+,22?,25-,26+,27?/m0/s1. The highest BCUT2D eigenvalue weighted by Gasteiger charge is 2.61. The predicted molar refractivity (Wildman–Crippen MR) is 127 cm³/mol. The number of carbonyl (C=O) groups excluding carboxylic acids is 2. The Morgan fingerprint density at radius 3 is 2.66 bits per heavy atom. The van der Waals surface area contributed by atoms with Gasteiger partial charge < -0.3 is 10.6 Å². The van der Waals surface area contributed by atoms with Crippen LogP contribution in [0.1, 0.15) is 71.3 Å². The maximum absolute atomic E-state index is 13.4. The van der Waals surface area contributed by atoms with Gasteiger partial charge in [0.2, 0.25) is 11.8 Å². The summed E-state index contributed by atoms with van der Waals surface area (Å²) in [6.45, 7) is 6.62. The highest BCUT2D eigenvalue weighted by atomic mass is 35.5. The van der Waals surface area contributed by atoms with E-state index in [1.807, 2.05) is 12.1 Å². The van der Waals surface area contributed by atoms with Crippen molar-refractivity contribution < 1.29 is 9.59 Å². The lowest BCUT2D eigenvalue weighted by molar-refractivity contribution is -0.160. The highest BCUT2D eigenvalue weighted by molar-refractivity contribution is 6.30. The third kappa shape index (κ3) is 2.94. The van der Waals surface area contributed by atoms with Gasteiger partial charge in [-0.05, 0) is 92.4 Å². The molecule has 1 aliphatic heterocycles. The number of carbonyl (C=O) groups is 2. The topological polar surface area (TPSA) is 63.4 Å². The third-order valence-corrected chi connectivity index (χ3v) is 10.2. The molecule has 0 saturated heterocycles. The van der Waals surface area contributed by atoms with Crippen LogP contribution in [0.5, 0.6) is 0 Å². The molecule has 1 aromatic rings. The van der Waals surface area contributed by atoms with Crippen LogP contribution in [-0.2, 0) is 15.1 Å². The Morgan fingerprint density at radius 2 is 1.94 bits per heavy atom. The van der Waals surface area contributed by atoms with Crippen molar-refractivity contribution >= 4 is 23.4 Å². The molecule has 1 aromatic carbocycles. The minimum Gasteiger partial charge on any atom is -0.367 e. The number of nitrogens with zero attached hydrogens (tertiary/aromatic N) is 1. The summed E-state index contributed by atoms with van der Waals surface area (Å²) in [5.74, 6) is 1.37. The van der Waals surface area contributed by atoms with E-state index in [0.29, 0.717) is 27.8 Å². The van der Waals surface area contributed by atoms with E-state index in [1.54, 1.807) is 30.0 Å². The molecule has 5 rings (SSSR count). The molecule has 2 unspecified atom stereocenters. The van der Waals surface area contributed by atoms with Gasteiger partial charge in [0.25, 0.3) is 0 Å². The predicted octanol–water partition coefficient (Wildman–Crippen LogP) is 5.44. The normalized spacial score (nSPS) is 40.2. The van der Waals surface area contributed by atoms with Crippen LogP contribution in [0.15, 0.2) is 36.4 Å². The van der Waals surface area contributed by atoms with Crippen LogP contribution in [0, 0.1) is 28.6 Å². The van der Waals surface area contributed by atoms with Crippen LogP contribution in [0.3, 0.4) is 0 Å². The van der Waals surface area contributed by atoms with Crippen LogP contribution in [0.2, 0.25) is 5.02 Å². The Labute approximate surface area is 196 Å². The Kier molecular flexibility index (Phi) is 5.05. The molecule has 0 aromatic heterocycles. The number of hydrogen-bond acceptors (Lipinski definition) is 2. The van der Waals surface area contributed by atoms with Crippen molar-refractivity contribution in [2.45, 2.75) is 77.3 Å². The van der Waals surface area contributed by atoms with Gasteiger partial charge in [0.05, 0.1) is 0 Å². The Balaban J connectivity index is 1.58. The molecule has 4 aliphatic rings. The molecule has 1 heterocycles. The molecule has 7 atom stereocenters. The maximum Gasteiger partial charge on any atom is 0.247 e. The summed E-state index contributed by atoms with van der Waals surface area (Å²) in [6, 6.07) is 7.17. The van der Waals surface area contributed by atoms with Gasteiger partial charge in [-0.3, -0.25) is 9.59 Å². The van der Waals surface area contributed by atoms with E-state index >= 15 is 0 Å². The quantitative estimate of drug-likeness (QED) is 0.660. The van der Waals surface area contributed by atoms with Crippen LogP contribution < -0.4 is 5.73 Å². The monoisotopic (exact) mass is 454 g/mol. The molecule has 172 valence electrons. The molecule has 32 heavy (non-hydrogen) atoms. The molecule has 0 bridgehead atoms. The fourth-order valence-corrected chi connectivity index (χ4v) is 8.40. The van der Waals surface area contributed by atoms with Crippen LogP contribution in [0.4, 0.5) is 0 Å². The van der Waals surface area contributed by atoms with Crippen molar-refractivity contribution in [1.29, 1.82) is 0 Å². The molecule has 3 aliphatic carbocycles. The number of nitrogens with two attached hydrogens (primary N) is 1. The SMILES string of the molecule is CC(C(N)=O)(c1cccc(Cl)c1)N1C(=O)C=C[C@@]2(C)C1CC[C@@H]1[C@H]2CC[C@]2(C)CCC[C@@H]12. The number of fused-ring (bicyclic) bond motifs is 5. The van der Waals surface area contributed by atoms with Crippen molar-refractivity contribution in [1.82, 2.24) is 4.90 Å². The first-order valence-corrected chi connectivity index (χ1v) is 12.6. The minimum absolute atomic E-state index is 0.0523. The molecule has 5 heteroatoms. The van der Waals surface area contributed by atoms with E-state index in [4.69, 9.17) is 17.3 Å². The van der Waals surface area contributed by atoms with Gasteiger partial charge >= 0.3 is 0 Å². The fourth-order valence-electron chi connectivity index (χ4n) is 8.21. The van der Waals surface area contributed by atoms with Gasteiger partial charge in [0.15, 0.2) is 0 Å². The highest BCUT2D eigenvalue weighted by Crippen LogP contribution is 2.64. The van der Waals surface area contributed by atoms with Gasteiger partial charge in [-0.25, -0.2) is 0 Å². The number of primary amides is 1. The molecular formula is C27H35ClN2O2. The van der Waals surface area contributed by atoms with E-state index in [-0.39, 0.29) is 17.4 Å². The number of amides is 2. The molecule has 4 nitrogen and oxygen atoms in total. The molecule has 2 N–H and O–H groups in total. The Hall–Kier alpha value is -1.81. The zero-order valence-electron chi connectivity index (χ0n) is 19.4. The van der Waals surface area contributed by atoms with Gasteiger partial charge in [0, 0.05) is 16.5 Å². The van der Waals surface area contributed by atoms with Crippen LogP contribution in [-0.4, -0.2) is 22.8 Å². The summed E-state index contributed by atoms with van der Waals surface area (Å²) in [5.41, 5.74) is 5.79. The Bertz CT molecular complexity index is 992. The second kappa shape index (κ2) is 7.35. The number of halogens is 1. The van der Waals surface area contributed by atoms with E-state index in [1.165, 1.54) is 32.1 Å². The van der Waals surface area contributed by atoms with E-state index < -0.39 is 11.4 Å². The van der Waals surface area contributed by atoms with Gasteiger partial charge in [-0.15, -0.1) is 0 Å². The van der Waals surface area contributed by atoms with Crippen molar-refractivity contribution in [2.24, 2.45) is 34.3 Å². The number of hydrogen-bond donors (Lipinski definition) is 1. The van der Waals surface area contributed by atoms with E-state index in [2.05, 4.69) is 19.9 Å². The fraction of sp³-hybridized carbons (Fsp3) is 0.630. The summed E-state index contributed by atoms with van der Waals surface area (Å²) in [7, 11) is 0. The summed E-state index contributed by atoms with van der Waals surface area (Å²) >= 11 is 6.28. The largest absolute Gasteiger partial charge is 0.367 e. The minimum atomic E-state index is -1.25. The third-order valence-electron chi connectivity index (χ3n) is 9.99. The average Bonchev–Trinajstić information content (AvgIpc) is 3.15. The summed E-state index contributed by atoms with van der Waals surface area (Å²) in [5, 5.41) is 0.536. The average molecular weight is 455 g/mol. The van der Waals surface area contributed by atoms with Crippen molar-refractivity contribution in [3.63, 3.8) is 0 Å². The second-order valence-electron chi connectivity index (χ2n) is 11.4. The van der Waals surface area contributed by atoms with Gasteiger partial charge in [-0.2, -0.15) is 0 Å². The second-order valence-corrected chi connectivity index (χ2v) is 11.8. The van der Waals surface area contributed by atoms with Crippen LogP contribution in [0.25, 0.3) is 0 Å². The summed E-state index contributed by atoms with van der Waals surface area (Å²) in [6.07, 6.45) is 12.4. The van der Waals surface area contributed by atoms with E-state index in [9.17, 15) is 9.59 Å². The molecule has 2 amide bonds. The lowest BCUT2D eigenvalue weighted by Crippen LogP contribution is -2.67. The summed E-state index contributed by atoms with van der Waals surface area (Å²) in [4.78, 5) is 28.2. The zero-order valence-corrected chi connectivity index (χ0v) is 20.2. The molecule has 3 fully saturated rings. The van der Waals surface area contributed by atoms with E-state index in [0.717, 1.165) is 18.8 Å². The maximum atomic E-state index is 13.4. The van der Waals surface area contributed by atoms with Crippen molar-refractivity contribution in [3.8, 4) is 0 Å². The van der Waals surface area contributed by atoms with Crippen molar-refractivity contribution in [2.75, 3.05) is 0 Å². The smallest absolute Gasteiger partial charge is 0.247 e. The first kappa shape index (κ1) is 22.0. The summed E-state index contributed by atoms with van der Waals surface area (Å²) < 4.78 is 0.